The summed E-state index contributed by atoms with van der Waals surface area (Å²) in [4.78, 5) is 25.6. The first kappa shape index (κ1) is 14.3. The van der Waals surface area contributed by atoms with Crippen molar-refractivity contribution >= 4 is 11.9 Å². The van der Waals surface area contributed by atoms with E-state index >= 15 is 0 Å². The van der Waals surface area contributed by atoms with Crippen LogP contribution in [0.5, 0.6) is 0 Å². The predicted octanol–water partition coefficient (Wildman–Crippen LogP) is -0.380. The van der Waals surface area contributed by atoms with Gasteiger partial charge in [-0.05, 0) is 32.6 Å². The summed E-state index contributed by atoms with van der Waals surface area (Å²) in [5, 5.41) is 2.85. The average Bonchev–Trinajstić information content (AvgIpc) is 3.23. The molecule has 1 aliphatic heterocycles. The van der Waals surface area contributed by atoms with E-state index in [1.54, 1.807) is 6.92 Å². The molecule has 0 aromatic carbocycles. The maximum atomic E-state index is 11.8. The lowest BCUT2D eigenvalue weighted by atomic mass is 10.0. The number of hydrogen-bond donors (Lipinski definition) is 2. The zero-order valence-corrected chi connectivity index (χ0v) is 11.4. The normalized spacial score (nSPS) is 22.8. The van der Waals surface area contributed by atoms with Crippen molar-refractivity contribution in [2.75, 3.05) is 19.7 Å². The van der Waals surface area contributed by atoms with Gasteiger partial charge in [0.25, 0.3) is 0 Å². The lowest BCUT2D eigenvalue weighted by Crippen LogP contribution is -2.52. The van der Waals surface area contributed by atoms with Crippen molar-refractivity contribution in [1.29, 1.82) is 0 Å². The molecule has 2 fully saturated rings. The molecule has 3 N–H and O–H groups in total. The highest BCUT2D eigenvalue weighted by Crippen LogP contribution is 2.29. The summed E-state index contributed by atoms with van der Waals surface area (Å²) >= 11 is 0. The Morgan fingerprint density at radius 2 is 1.95 bits per heavy atom. The van der Waals surface area contributed by atoms with Crippen molar-refractivity contribution in [3.63, 3.8) is 0 Å². The molecule has 1 saturated heterocycles. The van der Waals surface area contributed by atoms with Crippen LogP contribution in [0.15, 0.2) is 0 Å². The molecule has 1 atom stereocenters. The van der Waals surface area contributed by atoms with Crippen LogP contribution in [0.4, 0.5) is 0 Å². The van der Waals surface area contributed by atoms with Crippen LogP contribution >= 0.6 is 0 Å². The fourth-order valence-corrected chi connectivity index (χ4v) is 2.48. The topological polar surface area (TPSA) is 84.7 Å². The van der Waals surface area contributed by atoms with E-state index in [4.69, 9.17) is 10.5 Å². The number of ether oxygens (including phenoxy) is 1. The summed E-state index contributed by atoms with van der Waals surface area (Å²) in [5.74, 6) is -1.08. The van der Waals surface area contributed by atoms with E-state index in [-0.39, 0.29) is 12.6 Å². The van der Waals surface area contributed by atoms with Gasteiger partial charge in [0, 0.05) is 25.2 Å². The van der Waals surface area contributed by atoms with Gasteiger partial charge in [-0.25, -0.2) is 4.79 Å². The van der Waals surface area contributed by atoms with Crippen LogP contribution in [-0.2, 0) is 14.3 Å². The van der Waals surface area contributed by atoms with Gasteiger partial charge in [-0.15, -0.1) is 0 Å². The van der Waals surface area contributed by atoms with Crippen molar-refractivity contribution in [3.05, 3.63) is 0 Å². The number of amides is 1. The number of esters is 1. The number of likely N-dealkylation sites (tertiary alicyclic amines) is 1. The molecule has 0 bridgehead atoms. The maximum absolute atomic E-state index is 11.8. The van der Waals surface area contributed by atoms with Gasteiger partial charge in [0.15, 0.2) is 6.04 Å². The molecule has 1 unspecified atom stereocenters. The Labute approximate surface area is 113 Å². The van der Waals surface area contributed by atoms with Crippen molar-refractivity contribution in [2.45, 2.75) is 50.7 Å². The molecule has 2 aliphatic rings. The number of carbonyl (C=O) groups excluding carboxylic acids is 2. The van der Waals surface area contributed by atoms with Crippen LogP contribution in [0.25, 0.3) is 0 Å². The second-order valence-electron chi connectivity index (χ2n) is 5.28. The van der Waals surface area contributed by atoms with E-state index in [1.807, 2.05) is 0 Å². The fraction of sp³-hybridized carbons (Fsp3) is 0.846. The summed E-state index contributed by atoms with van der Waals surface area (Å²) in [6.07, 6.45) is 4.48. The number of nitrogens with zero attached hydrogens (tertiary/aromatic N) is 1. The summed E-state index contributed by atoms with van der Waals surface area (Å²) in [6, 6.07) is -0.303. The Kier molecular flexibility index (Phi) is 4.76. The summed E-state index contributed by atoms with van der Waals surface area (Å²) < 4.78 is 4.74. The highest BCUT2D eigenvalue weighted by atomic mass is 16.5. The van der Waals surface area contributed by atoms with E-state index < -0.39 is 17.9 Å². The molecule has 0 aromatic rings. The Morgan fingerprint density at radius 3 is 2.47 bits per heavy atom. The first-order valence-corrected chi connectivity index (χ1v) is 7.08. The van der Waals surface area contributed by atoms with E-state index in [0.717, 1.165) is 32.0 Å². The number of nitrogens with two attached hydrogens (primary N) is 1. The molecule has 6 nitrogen and oxygen atoms in total. The summed E-state index contributed by atoms with van der Waals surface area (Å²) in [6.45, 7) is 3.96. The van der Waals surface area contributed by atoms with Gasteiger partial charge in [0.1, 0.15) is 0 Å². The first-order valence-electron chi connectivity index (χ1n) is 7.08. The predicted molar refractivity (Wildman–Crippen MR) is 70.4 cm³/mol. The number of nitrogens with one attached hydrogen (secondary N) is 1. The van der Waals surface area contributed by atoms with Crippen molar-refractivity contribution in [2.24, 2.45) is 5.73 Å². The molecule has 2 rings (SSSR count). The van der Waals surface area contributed by atoms with Crippen molar-refractivity contribution < 1.29 is 14.3 Å². The van der Waals surface area contributed by atoms with Gasteiger partial charge >= 0.3 is 5.97 Å². The molecule has 108 valence electrons. The van der Waals surface area contributed by atoms with Crippen LogP contribution in [0, 0.1) is 0 Å². The third-order valence-corrected chi connectivity index (χ3v) is 3.76. The molecule has 0 radical (unpaired) electrons. The van der Waals surface area contributed by atoms with Gasteiger partial charge in [0.2, 0.25) is 5.91 Å². The third-order valence-electron chi connectivity index (χ3n) is 3.76. The second-order valence-corrected chi connectivity index (χ2v) is 5.28. The van der Waals surface area contributed by atoms with E-state index in [9.17, 15) is 9.59 Å². The molecular formula is C13H23N3O3. The largest absolute Gasteiger partial charge is 0.464 e. The molecule has 1 amide bonds. The Hall–Kier alpha value is -1.14. The van der Waals surface area contributed by atoms with Crippen LogP contribution in [0.3, 0.4) is 0 Å². The molecular weight excluding hydrogens is 246 g/mol. The van der Waals surface area contributed by atoms with Crippen LogP contribution in [0.1, 0.15) is 32.6 Å². The molecule has 1 heterocycles. The quantitative estimate of drug-likeness (QED) is 0.525. The SMILES string of the molecule is CCOC(=O)C(N)C(=O)NC1CCN(C2CC2)CC1. The number of hydrogen-bond acceptors (Lipinski definition) is 5. The molecule has 0 aromatic heterocycles. The van der Waals surface area contributed by atoms with Crippen molar-refractivity contribution in [1.82, 2.24) is 10.2 Å². The fourth-order valence-electron chi connectivity index (χ4n) is 2.48. The maximum Gasteiger partial charge on any atom is 0.332 e. The van der Waals surface area contributed by atoms with Gasteiger partial charge < -0.3 is 20.7 Å². The minimum atomic E-state index is -1.21. The highest BCUT2D eigenvalue weighted by molar-refractivity contribution is 6.01. The smallest absolute Gasteiger partial charge is 0.332 e. The van der Waals surface area contributed by atoms with Crippen LogP contribution in [-0.4, -0.2) is 54.6 Å². The number of piperidine rings is 1. The zero-order chi connectivity index (χ0) is 13.8. The Balaban J connectivity index is 1.71. The van der Waals surface area contributed by atoms with Crippen LogP contribution in [0.2, 0.25) is 0 Å². The van der Waals surface area contributed by atoms with E-state index in [0.29, 0.717) is 0 Å². The minimum Gasteiger partial charge on any atom is -0.464 e. The lowest BCUT2D eigenvalue weighted by molar-refractivity contribution is -0.148. The zero-order valence-electron chi connectivity index (χ0n) is 11.4. The third kappa shape index (κ3) is 3.91. The summed E-state index contributed by atoms with van der Waals surface area (Å²) in [5.41, 5.74) is 5.55. The minimum absolute atomic E-state index is 0.128. The Bertz CT molecular complexity index is 336. The number of carbonyl (C=O) groups is 2. The molecule has 1 saturated carbocycles. The molecule has 1 aliphatic carbocycles. The summed E-state index contributed by atoms with van der Waals surface area (Å²) in [7, 11) is 0. The molecule has 19 heavy (non-hydrogen) atoms. The highest BCUT2D eigenvalue weighted by Gasteiger charge is 2.33. The van der Waals surface area contributed by atoms with Crippen molar-refractivity contribution in [3.8, 4) is 0 Å². The average molecular weight is 269 g/mol. The first-order chi connectivity index (χ1) is 9.11. The van der Waals surface area contributed by atoms with Gasteiger partial charge in [-0.2, -0.15) is 0 Å². The second kappa shape index (κ2) is 6.34. The van der Waals surface area contributed by atoms with E-state index in [1.165, 1.54) is 12.8 Å². The van der Waals surface area contributed by atoms with Gasteiger partial charge in [-0.1, -0.05) is 0 Å². The number of rotatable bonds is 5. The monoisotopic (exact) mass is 269 g/mol. The Morgan fingerprint density at radius 1 is 1.32 bits per heavy atom. The standard InChI is InChI=1S/C13H23N3O3/c1-2-19-13(18)11(14)12(17)15-9-5-7-16(8-6-9)10-3-4-10/h9-11H,2-8,14H2,1H3,(H,15,17). The van der Waals surface area contributed by atoms with E-state index in [2.05, 4.69) is 10.2 Å². The van der Waals surface area contributed by atoms with Gasteiger partial charge in [-0.3, -0.25) is 4.79 Å². The van der Waals surface area contributed by atoms with Crippen LogP contribution < -0.4 is 11.1 Å². The molecule has 0 spiro atoms. The lowest BCUT2D eigenvalue weighted by Gasteiger charge is -2.32. The molecule has 6 heteroatoms. The van der Waals surface area contributed by atoms with Gasteiger partial charge in [0.05, 0.1) is 6.61 Å².